The van der Waals surface area contributed by atoms with Crippen molar-refractivity contribution in [2.45, 2.75) is 58.5 Å². The minimum atomic E-state index is -0.155. The minimum absolute atomic E-state index is 0.0293. The first kappa shape index (κ1) is 15.1. The molecule has 1 aromatic carbocycles. The molecule has 2 nitrogen and oxygen atoms in total. The van der Waals surface area contributed by atoms with Gasteiger partial charge < -0.3 is 4.74 Å². The molecule has 1 aliphatic rings. The summed E-state index contributed by atoms with van der Waals surface area (Å²) < 4.78 is 5.64. The number of hydrogen-bond acceptors (Lipinski definition) is 2. The van der Waals surface area contributed by atoms with Crippen molar-refractivity contribution in [2.75, 3.05) is 0 Å². The number of esters is 1. The minimum Gasteiger partial charge on any atom is -0.462 e. The first-order valence-corrected chi connectivity index (χ1v) is 7.64. The second-order valence-corrected chi connectivity index (χ2v) is 6.76. The Hall–Kier alpha value is -1.31. The van der Waals surface area contributed by atoms with Crippen LogP contribution in [0, 0.1) is 11.8 Å². The molecule has 0 radical (unpaired) electrons. The lowest BCUT2D eigenvalue weighted by atomic mass is 9.64. The van der Waals surface area contributed by atoms with E-state index < -0.39 is 0 Å². The second-order valence-electron chi connectivity index (χ2n) is 6.76. The Labute approximate surface area is 122 Å². The zero-order chi connectivity index (χ0) is 14.8. The molecular weight excluding hydrogens is 248 g/mol. The lowest BCUT2D eigenvalue weighted by Crippen LogP contribution is -2.43. The highest BCUT2D eigenvalue weighted by Crippen LogP contribution is 2.43. The summed E-state index contributed by atoms with van der Waals surface area (Å²) in [6.45, 7) is 8.33. The maximum atomic E-state index is 11.4. The molecule has 0 amide bonds. The molecule has 2 heteroatoms. The van der Waals surface area contributed by atoms with Crippen LogP contribution in [0.4, 0.5) is 0 Å². The Morgan fingerprint density at radius 2 is 1.85 bits per heavy atom. The Morgan fingerprint density at radius 1 is 1.20 bits per heavy atom. The zero-order valence-corrected chi connectivity index (χ0v) is 13.1. The molecule has 2 rings (SSSR count). The maximum Gasteiger partial charge on any atom is 0.302 e. The molecule has 0 unspecified atom stereocenters. The summed E-state index contributed by atoms with van der Waals surface area (Å²) in [5.41, 5.74) is 1.36. The van der Waals surface area contributed by atoms with E-state index >= 15 is 0 Å². The summed E-state index contributed by atoms with van der Waals surface area (Å²) in [6, 6.07) is 10.6. The molecule has 0 saturated heterocycles. The monoisotopic (exact) mass is 274 g/mol. The fraction of sp³-hybridized carbons (Fsp3) is 0.611. The van der Waals surface area contributed by atoms with Gasteiger partial charge in [-0.05, 0) is 29.7 Å². The number of ether oxygens (including phenoxy) is 1. The van der Waals surface area contributed by atoms with Crippen LogP contribution in [0.3, 0.4) is 0 Å². The van der Waals surface area contributed by atoms with Crippen molar-refractivity contribution in [1.82, 2.24) is 0 Å². The van der Waals surface area contributed by atoms with E-state index in [1.54, 1.807) is 0 Å². The van der Waals surface area contributed by atoms with Crippen LogP contribution in [0.5, 0.6) is 0 Å². The van der Waals surface area contributed by atoms with Gasteiger partial charge in [-0.2, -0.15) is 0 Å². The molecule has 110 valence electrons. The quantitative estimate of drug-likeness (QED) is 0.767. The molecule has 0 heterocycles. The highest BCUT2D eigenvalue weighted by atomic mass is 16.5. The maximum absolute atomic E-state index is 11.4. The third-order valence-corrected chi connectivity index (χ3v) is 4.82. The summed E-state index contributed by atoms with van der Waals surface area (Å²) in [7, 11) is 0. The van der Waals surface area contributed by atoms with Gasteiger partial charge in [-0.1, -0.05) is 57.5 Å². The standard InChI is InChI=1S/C18H26O2/c1-13-10-11-16(17(12-13)20-14(2)19)18(3,4)15-8-6-5-7-9-15/h5-9,13,16-17H,10-12H2,1-4H3/t13-,16-,17-/m0/s1. The fourth-order valence-electron chi connectivity index (χ4n) is 3.58. The molecular formula is C18H26O2. The summed E-state index contributed by atoms with van der Waals surface area (Å²) >= 11 is 0. The number of rotatable bonds is 3. The lowest BCUT2D eigenvalue weighted by Gasteiger charge is -2.43. The summed E-state index contributed by atoms with van der Waals surface area (Å²) in [4.78, 5) is 11.4. The average Bonchev–Trinajstić information content (AvgIpc) is 2.39. The van der Waals surface area contributed by atoms with Gasteiger partial charge in [0.25, 0.3) is 0 Å². The SMILES string of the molecule is CC(=O)O[C@H]1C[C@@H](C)CC[C@@H]1C(C)(C)c1ccccc1. The van der Waals surface area contributed by atoms with E-state index in [2.05, 4.69) is 45.0 Å². The Morgan fingerprint density at radius 3 is 2.45 bits per heavy atom. The van der Waals surface area contributed by atoms with Crippen molar-refractivity contribution < 1.29 is 9.53 Å². The number of carbonyl (C=O) groups is 1. The summed E-state index contributed by atoms with van der Waals surface area (Å²) in [5, 5.41) is 0. The molecule has 1 aliphatic carbocycles. The Bertz CT molecular complexity index is 450. The van der Waals surface area contributed by atoms with Crippen LogP contribution < -0.4 is 0 Å². The van der Waals surface area contributed by atoms with Gasteiger partial charge in [-0.15, -0.1) is 0 Å². The lowest BCUT2D eigenvalue weighted by molar-refractivity contribution is -0.153. The molecule has 0 N–H and O–H groups in total. The molecule has 20 heavy (non-hydrogen) atoms. The molecule has 1 fully saturated rings. The second kappa shape index (κ2) is 5.99. The van der Waals surface area contributed by atoms with Crippen LogP contribution >= 0.6 is 0 Å². The van der Waals surface area contributed by atoms with Gasteiger partial charge in [0, 0.05) is 12.8 Å². The molecule has 1 aromatic rings. The van der Waals surface area contributed by atoms with E-state index in [0.717, 1.165) is 12.8 Å². The fourth-order valence-corrected chi connectivity index (χ4v) is 3.58. The average molecular weight is 274 g/mol. The zero-order valence-electron chi connectivity index (χ0n) is 13.1. The highest BCUT2D eigenvalue weighted by molar-refractivity contribution is 5.66. The predicted octanol–water partition coefficient (Wildman–Crippen LogP) is 4.33. The van der Waals surface area contributed by atoms with Gasteiger partial charge in [0.15, 0.2) is 0 Å². The van der Waals surface area contributed by atoms with E-state index in [0.29, 0.717) is 11.8 Å². The van der Waals surface area contributed by atoms with Crippen LogP contribution in [-0.2, 0) is 14.9 Å². The van der Waals surface area contributed by atoms with E-state index in [1.165, 1.54) is 18.9 Å². The van der Waals surface area contributed by atoms with E-state index in [1.807, 2.05) is 6.07 Å². The largest absolute Gasteiger partial charge is 0.462 e. The highest BCUT2D eigenvalue weighted by Gasteiger charge is 2.41. The van der Waals surface area contributed by atoms with Crippen molar-refractivity contribution in [3.8, 4) is 0 Å². The molecule has 0 aromatic heterocycles. The normalized spacial score (nSPS) is 27.1. The van der Waals surface area contributed by atoms with E-state index in [9.17, 15) is 4.79 Å². The van der Waals surface area contributed by atoms with Crippen LogP contribution in [0.15, 0.2) is 30.3 Å². The molecule has 0 aliphatic heterocycles. The third-order valence-electron chi connectivity index (χ3n) is 4.82. The van der Waals surface area contributed by atoms with Gasteiger partial charge in [-0.3, -0.25) is 4.79 Å². The number of hydrogen-bond donors (Lipinski definition) is 0. The smallest absolute Gasteiger partial charge is 0.302 e. The first-order valence-electron chi connectivity index (χ1n) is 7.64. The number of carbonyl (C=O) groups excluding carboxylic acids is 1. The Kier molecular flexibility index (Phi) is 4.52. The van der Waals surface area contributed by atoms with Gasteiger partial charge in [0.1, 0.15) is 6.10 Å². The van der Waals surface area contributed by atoms with Crippen molar-refractivity contribution in [1.29, 1.82) is 0 Å². The molecule has 0 bridgehead atoms. The van der Waals surface area contributed by atoms with E-state index in [-0.39, 0.29) is 17.5 Å². The van der Waals surface area contributed by atoms with Gasteiger partial charge in [0.05, 0.1) is 0 Å². The van der Waals surface area contributed by atoms with Gasteiger partial charge in [-0.25, -0.2) is 0 Å². The van der Waals surface area contributed by atoms with Crippen molar-refractivity contribution in [2.24, 2.45) is 11.8 Å². The van der Waals surface area contributed by atoms with Gasteiger partial charge >= 0.3 is 5.97 Å². The first-order chi connectivity index (χ1) is 9.41. The predicted molar refractivity (Wildman–Crippen MR) is 81.5 cm³/mol. The Balaban J connectivity index is 2.25. The molecule has 3 atom stereocenters. The van der Waals surface area contributed by atoms with Gasteiger partial charge in [0.2, 0.25) is 0 Å². The number of benzene rings is 1. The van der Waals surface area contributed by atoms with Crippen molar-refractivity contribution in [3.05, 3.63) is 35.9 Å². The van der Waals surface area contributed by atoms with Crippen LogP contribution in [0.1, 0.15) is 52.5 Å². The molecule has 0 spiro atoms. The van der Waals surface area contributed by atoms with E-state index in [4.69, 9.17) is 4.74 Å². The van der Waals surface area contributed by atoms with Crippen LogP contribution in [0.25, 0.3) is 0 Å². The van der Waals surface area contributed by atoms with Crippen LogP contribution in [-0.4, -0.2) is 12.1 Å². The molecule has 1 saturated carbocycles. The summed E-state index contributed by atoms with van der Waals surface area (Å²) in [6.07, 6.45) is 3.38. The third kappa shape index (κ3) is 3.23. The topological polar surface area (TPSA) is 26.3 Å². The summed E-state index contributed by atoms with van der Waals surface area (Å²) in [5.74, 6) is 0.880. The van der Waals surface area contributed by atoms with Crippen molar-refractivity contribution in [3.63, 3.8) is 0 Å². The van der Waals surface area contributed by atoms with Crippen LogP contribution in [0.2, 0.25) is 0 Å². The van der Waals surface area contributed by atoms with Crippen molar-refractivity contribution >= 4 is 5.97 Å².